The Balaban J connectivity index is 1.26. The lowest BCUT2D eigenvalue weighted by atomic mass is 9.99. The van der Waals surface area contributed by atoms with Gasteiger partial charge in [0.1, 0.15) is 5.82 Å². The topological polar surface area (TPSA) is 51.7 Å². The van der Waals surface area contributed by atoms with Crippen molar-refractivity contribution in [1.82, 2.24) is 20.1 Å². The molecule has 0 bridgehead atoms. The summed E-state index contributed by atoms with van der Waals surface area (Å²) < 4.78 is 0. The van der Waals surface area contributed by atoms with Crippen LogP contribution in [0.25, 0.3) is 0 Å². The van der Waals surface area contributed by atoms with Crippen molar-refractivity contribution in [3.63, 3.8) is 0 Å². The number of pyridine rings is 1. The Labute approximate surface area is 143 Å². The summed E-state index contributed by atoms with van der Waals surface area (Å²) in [4.78, 5) is 23.9. The molecule has 6 nitrogen and oxygen atoms in total. The predicted octanol–water partition coefficient (Wildman–Crippen LogP) is 0.557. The fourth-order valence-corrected chi connectivity index (χ4v) is 4.10. The van der Waals surface area contributed by atoms with Crippen LogP contribution in [0.4, 0.5) is 5.82 Å². The van der Waals surface area contributed by atoms with E-state index in [1.54, 1.807) is 0 Å². The first-order chi connectivity index (χ1) is 11.8. The molecule has 130 valence electrons. The Hall–Kier alpha value is -1.66. The number of piperazine rings is 1. The van der Waals surface area contributed by atoms with Gasteiger partial charge in [0.05, 0.1) is 6.04 Å². The van der Waals surface area contributed by atoms with Gasteiger partial charge in [0.15, 0.2) is 0 Å². The van der Waals surface area contributed by atoms with Crippen LogP contribution in [0.15, 0.2) is 24.4 Å². The molecule has 1 atom stereocenters. The molecular formula is C18H27N5O. The predicted molar refractivity (Wildman–Crippen MR) is 94.0 cm³/mol. The largest absolute Gasteiger partial charge is 0.355 e. The standard InChI is InChI=1S/C18H27N5O/c24-18-16(5-1-3-8-20-18)23-13-15(14-23)21-9-11-22(12-10-21)17-6-2-4-7-19-17/h2,4,6-7,15-16H,1,3,5,8-14H2,(H,20,24). The van der Waals surface area contributed by atoms with E-state index in [4.69, 9.17) is 0 Å². The highest BCUT2D eigenvalue weighted by atomic mass is 16.2. The molecule has 0 spiro atoms. The molecular weight excluding hydrogens is 302 g/mol. The van der Waals surface area contributed by atoms with Gasteiger partial charge in [-0.15, -0.1) is 0 Å². The quantitative estimate of drug-likeness (QED) is 0.878. The van der Waals surface area contributed by atoms with Crippen molar-refractivity contribution >= 4 is 11.7 Å². The van der Waals surface area contributed by atoms with Crippen LogP contribution in [-0.2, 0) is 4.79 Å². The lowest BCUT2D eigenvalue weighted by Gasteiger charge is -2.50. The Morgan fingerprint density at radius 3 is 2.62 bits per heavy atom. The second-order valence-electron chi connectivity index (χ2n) is 7.12. The smallest absolute Gasteiger partial charge is 0.237 e. The number of hydrogen-bond donors (Lipinski definition) is 1. The number of anilines is 1. The third kappa shape index (κ3) is 3.26. The molecule has 1 amide bonds. The van der Waals surface area contributed by atoms with Gasteiger partial charge in [-0.05, 0) is 31.4 Å². The minimum atomic E-state index is 0.110. The maximum atomic E-state index is 12.2. The van der Waals surface area contributed by atoms with Crippen LogP contribution in [0.2, 0.25) is 0 Å². The van der Waals surface area contributed by atoms with Crippen LogP contribution in [-0.4, -0.2) is 78.6 Å². The molecule has 1 aromatic rings. The third-order valence-corrected chi connectivity index (χ3v) is 5.64. The van der Waals surface area contributed by atoms with Crippen LogP contribution < -0.4 is 10.2 Å². The first-order valence-electron chi connectivity index (χ1n) is 9.23. The number of carbonyl (C=O) groups is 1. The van der Waals surface area contributed by atoms with E-state index in [2.05, 4.69) is 37.1 Å². The SMILES string of the molecule is O=C1NCCCCC1N1CC(N2CCN(c3ccccn3)CC2)C1. The molecule has 24 heavy (non-hydrogen) atoms. The van der Waals surface area contributed by atoms with E-state index in [0.29, 0.717) is 6.04 Å². The first kappa shape index (κ1) is 15.8. The molecule has 1 N–H and O–H groups in total. The summed E-state index contributed by atoms with van der Waals surface area (Å²) in [5.41, 5.74) is 0. The number of amides is 1. The fourth-order valence-electron chi connectivity index (χ4n) is 4.10. The molecule has 3 aliphatic heterocycles. The van der Waals surface area contributed by atoms with Crippen LogP contribution in [0.5, 0.6) is 0 Å². The molecule has 4 rings (SSSR count). The molecule has 4 heterocycles. The van der Waals surface area contributed by atoms with Crippen molar-refractivity contribution in [2.75, 3.05) is 50.7 Å². The first-order valence-corrected chi connectivity index (χ1v) is 9.23. The normalized spacial score (nSPS) is 27.4. The van der Waals surface area contributed by atoms with Gasteiger partial charge in [0.2, 0.25) is 5.91 Å². The molecule has 0 aromatic carbocycles. The number of nitrogens with zero attached hydrogens (tertiary/aromatic N) is 4. The number of rotatable bonds is 3. The monoisotopic (exact) mass is 329 g/mol. The lowest BCUT2D eigenvalue weighted by molar-refractivity contribution is -0.129. The highest BCUT2D eigenvalue weighted by molar-refractivity contribution is 5.82. The second kappa shape index (κ2) is 7.07. The summed E-state index contributed by atoms with van der Waals surface area (Å²) in [6.07, 6.45) is 5.16. The van der Waals surface area contributed by atoms with Crippen molar-refractivity contribution in [3.05, 3.63) is 24.4 Å². The van der Waals surface area contributed by atoms with Crippen molar-refractivity contribution in [2.24, 2.45) is 0 Å². The van der Waals surface area contributed by atoms with Gasteiger partial charge in [0.25, 0.3) is 0 Å². The molecule has 3 saturated heterocycles. The number of carbonyl (C=O) groups excluding carboxylic acids is 1. The zero-order valence-corrected chi connectivity index (χ0v) is 14.2. The summed E-state index contributed by atoms with van der Waals surface area (Å²) in [7, 11) is 0. The van der Waals surface area contributed by atoms with E-state index >= 15 is 0 Å². The van der Waals surface area contributed by atoms with Crippen LogP contribution >= 0.6 is 0 Å². The van der Waals surface area contributed by atoms with Crippen LogP contribution in [0.1, 0.15) is 19.3 Å². The van der Waals surface area contributed by atoms with E-state index in [9.17, 15) is 4.79 Å². The summed E-state index contributed by atoms with van der Waals surface area (Å²) in [6, 6.07) is 6.83. The molecule has 3 fully saturated rings. The van der Waals surface area contributed by atoms with Gasteiger partial charge in [0, 0.05) is 58.1 Å². The van der Waals surface area contributed by atoms with Gasteiger partial charge < -0.3 is 10.2 Å². The Morgan fingerprint density at radius 1 is 1.04 bits per heavy atom. The average Bonchev–Trinajstić information content (AvgIpc) is 2.80. The van der Waals surface area contributed by atoms with E-state index in [1.807, 2.05) is 12.3 Å². The van der Waals surface area contributed by atoms with Gasteiger partial charge in [-0.2, -0.15) is 0 Å². The van der Waals surface area contributed by atoms with Crippen molar-refractivity contribution in [1.29, 1.82) is 0 Å². The number of aromatic nitrogens is 1. The van der Waals surface area contributed by atoms with Gasteiger partial charge in [-0.25, -0.2) is 4.98 Å². The second-order valence-corrected chi connectivity index (χ2v) is 7.12. The van der Waals surface area contributed by atoms with Gasteiger partial charge >= 0.3 is 0 Å². The van der Waals surface area contributed by atoms with Crippen molar-refractivity contribution in [2.45, 2.75) is 31.3 Å². The van der Waals surface area contributed by atoms with E-state index < -0.39 is 0 Å². The molecule has 1 unspecified atom stereocenters. The molecule has 1 aromatic heterocycles. The van der Waals surface area contributed by atoms with E-state index in [0.717, 1.165) is 70.9 Å². The molecule has 0 aliphatic carbocycles. The van der Waals surface area contributed by atoms with Crippen LogP contribution in [0.3, 0.4) is 0 Å². The Bertz CT molecular complexity index is 552. The van der Waals surface area contributed by atoms with Crippen molar-refractivity contribution < 1.29 is 4.79 Å². The maximum absolute atomic E-state index is 12.2. The summed E-state index contributed by atoms with van der Waals surface area (Å²) in [5, 5.41) is 3.05. The van der Waals surface area contributed by atoms with Crippen molar-refractivity contribution in [3.8, 4) is 0 Å². The number of likely N-dealkylation sites (tertiary alicyclic amines) is 1. The minimum absolute atomic E-state index is 0.110. The summed E-state index contributed by atoms with van der Waals surface area (Å²) in [5.74, 6) is 1.33. The third-order valence-electron chi connectivity index (χ3n) is 5.64. The summed E-state index contributed by atoms with van der Waals surface area (Å²) >= 11 is 0. The molecule has 0 saturated carbocycles. The van der Waals surface area contributed by atoms with E-state index in [1.165, 1.54) is 0 Å². The molecule has 0 radical (unpaired) electrons. The number of hydrogen-bond acceptors (Lipinski definition) is 5. The fraction of sp³-hybridized carbons (Fsp3) is 0.667. The zero-order chi connectivity index (χ0) is 16.4. The maximum Gasteiger partial charge on any atom is 0.237 e. The van der Waals surface area contributed by atoms with E-state index in [-0.39, 0.29) is 11.9 Å². The highest BCUT2D eigenvalue weighted by Gasteiger charge is 2.39. The number of nitrogens with one attached hydrogen (secondary N) is 1. The van der Waals surface area contributed by atoms with Gasteiger partial charge in [-0.3, -0.25) is 14.6 Å². The minimum Gasteiger partial charge on any atom is -0.355 e. The van der Waals surface area contributed by atoms with Crippen LogP contribution in [0, 0.1) is 0 Å². The Kier molecular flexibility index (Phi) is 4.67. The Morgan fingerprint density at radius 2 is 1.88 bits per heavy atom. The lowest BCUT2D eigenvalue weighted by Crippen LogP contribution is -2.66. The van der Waals surface area contributed by atoms with Gasteiger partial charge in [-0.1, -0.05) is 6.07 Å². The molecule has 6 heteroatoms. The molecule has 3 aliphatic rings. The summed E-state index contributed by atoms with van der Waals surface area (Å²) in [6.45, 7) is 7.19. The zero-order valence-electron chi connectivity index (χ0n) is 14.2. The highest BCUT2D eigenvalue weighted by Crippen LogP contribution is 2.24. The average molecular weight is 329 g/mol.